The Hall–Kier alpha value is -1.80. The third-order valence-corrected chi connectivity index (χ3v) is 4.51. The number of hydrogen-bond acceptors (Lipinski definition) is 8. The molecule has 0 bridgehead atoms. The average molecular weight is 322 g/mol. The molecular weight excluding hydrogens is 304 g/mol. The van der Waals surface area contributed by atoms with E-state index in [1.165, 1.54) is 11.3 Å². The van der Waals surface area contributed by atoms with Crippen molar-refractivity contribution in [1.82, 2.24) is 20.0 Å². The number of thiazole rings is 1. The molecular formula is C14H18N4O3S. The van der Waals surface area contributed by atoms with Crippen LogP contribution in [0.1, 0.15) is 53.0 Å². The van der Waals surface area contributed by atoms with Crippen molar-refractivity contribution in [1.29, 1.82) is 0 Å². The number of likely N-dealkylation sites (tertiary alicyclic amines) is 1. The molecule has 2 aromatic heterocycles. The molecule has 0 aliphatic carbocycles. The van der Waals surface area contributed by atoms with Gasteiger partial charge in [-0.2, -0.15) is 4.98 Å². The molecule has 1 fully saturated rings. The Bertz CT molecular complexity index is 654. The lowest BCUT2D eigenvalue weighted by Gasteiger charge is -2.20. The van der Waals surface area contributed by atoms with Gasteiger partial charge in [0.15, 0.2) is 11.5 Å². The summed E-state index contributed by atoms with van der Waals surface area (Å²) in [5.41, 5.74) is 0.391. The van der Waals surface area contributed by atoms with Crippen molar-refractivity contribution < 1.29 is 14.1 Å². The number of aryl methyl sites for hydroxylation is 1. The van der Waals surface area contributed by atoms with E-state index in [4.69, 9.17) is 9.26 Å². The summed E-state index contributed by atoms with van der Waals surface area (Å²) in [5.74, 6) is 0.901. The van der Waals surface area contributed by atoms with Crippen molar-refractivity contribution in [2.24, 2.45) is 0 Å². The Morgan fingerprint density at radius 1 is 1.55 bits per heavy atom. The van der Waals surface area contributed by atoms with E-state index in [-0.39, 0.29) is 12.0 Å². The van der Waals surface area contributed by atoms with Crippen LogP contribution in [0.4, 0.5) is 0 Å². The van der Waals surface area contributed by atoms with Crippen molar-refractivity contribution in [3.8, 4) is 0 Å². The van der Waals surface area contributed by atoms with Gasteiger partial charge in [0.1, 0.15) is 5.01 Å². The fraction of sp³-hybridized carbons (Fsp3) is 0.571. The molecule has 3 rings (SSSR count). The Labute approximate surface area is 132 Å². The van der Waals surface area contributed by atoms with Gasteiger partial charge >= 0.3 is 5.97 Å². The van der Waals surface area contributed by atoms with Gasteiger partial charge in [0.25, 0.3) is 0 Å². The van der Waals surface area contributed by atoms with E-state index in [2.05, 4.69) is 20.0 Å². The van der Waals surface area contributed by atoms with Crippen LogP contribution in [0.25, 0.3) is 0 Å². The van der Waals surface area contributed by atoms with E-state index in [0.29, 0.717) is 30.6 Å². The van der Waals surface area contributed by atoms with E-state index in [0.717, 1.165) is 24.4 Å². The standard InChI is InChI=1S/C14H18N4O3S/c1-3-20-14(19)10-8-22-13(16-10)11-5-4-6-18(11)7-12-15-9(2)17-21-12/h8,11H,3-7H2,1-2H3/t11-/m1/s1. The monoisotopic (exact) mass is 322 g/mol. The van der Waals surface area contributed by atoms with E-state index in [1.54, 1.807) is 19.2 Å². The van der Waals surface area contributed by atoms with Gasteiger partial charge in [-0.25, -0.2) is 9.78 Å². The lowest BCUT2D eigenvalue weighted by Crippen LogP contribution is -2.23. The lowest BCUT2D eigenvalue weighted by molar-refractivity contribution is 0.0520. The molecule has 1 atom stereocenters. The first-order valence-corrected chi connectivity index (χ1v) is 8.21. The lowest BCUT2D eigenvalue weighted by atomic mass is 10.2. The van der Waals surface area contributed by atoms with E-state index < -0.39 is 0 Å². The highest BCUT2D eigenvalue weighted by atomic mass is 32.1. The van der Waals surface area contributed by atoms with Crippen LogP contribution in [0.15, 0.2) is 9.90 Å². The van der Waals surface area contributed by atoms with Crippen LogP contribution in [-0.2, 0) is 11.3 Å². The number of carbonyl (C=O) groups excluding carboxylic acids is 1. The number of nitrogens with zero attached hydrogens (tertiary/aromatic N) is 4. The minimum Gasteiger partial charge on any atom is -0.461 e. The molecule has 0 unspecified atom stereocenters. The predicted molar refractivity (Wildman–Crippen MR) is 79.5 cm³/mol. The van der Waals surface area contributed by atoms with Crippen molar-refractivity contribution >= 4 is 17.3 Å². The Kier molecular flexibility index (Phi) is 4.49. The van der Waals surface area contributed by atoms with E-state index in [1.807, 2.05) is 0 Å². The molecule has 1 aliphatic heterocycles. The van der Waals surface area contributed by atoms with Crippen LogP contribution in [0.2, 0.25) is 0 Å². The molecule has 2 aromatic rings. The van der Waals surface area contributed by atoms with Crippen LogP contribution in [0, 0.1) is 6.92 Å². The highest BCUT2D eigenvalue weighted by Gasteiger charge is 2.30. The highest BCUT2D eigenvalue weighted by molar-refractivity contribution is 7.09. The zero-order chi connectivity index (χ0) is 15.5. The topological polar surface area (TPSA) is 81.4 Å². The maximum Gasteiger partial charge on any atom is 0.357 e. The SMILES string of the molecule is CCOC(=O)c1csc([C@H]2CCCN2Cc2nc(C)no2)n1. The summed E-state index contributed by atoms with van der Waals surface area (Å²) in [7, 11) is 0. The first kappa shape index (κ1) is 15.1. The quantitative estimate of drug-likeness (QED) is 0.781. The molecule has 118 valence electrons. The minimum absolute atomic E-state index is 0.195. The summed E-state index contributed by atoms with van der Waals surface area (Å²) in [4.78, 5) is 22.7. The molecule has 0 N–H and O–H groups in total. The summed E-state index contributed by atoms with van der Waals surface area (Å²) >= 11 is 1.50. The third kappa shape index (κ3) is 3.17. The molecule has 0 radical (unpaired) electrons. The van der Waals surface area contributed by atoms with Gasteiger partial charge in [0.2, 0.25) is 5.89 Å². The van der Waals surface area contributed by atoms with Crippen molar-refractivity contribution in [3.63, 3.8) is 0 Å². The molecule has 22 heavy (non-hydrogen) atoms. The van der Waals surface area contributed by atoms with Crippen LogP contribution >= 0.6 is 11.3 Å². The van der Waals surface area contributed by atoms with Gasteiger partial charge in [-0.15, -0.1) is 11.3 Å². The molecule has 1 saturated heterocycles. The first-order valence-electron chi connectivity index (χ1n) is 7.33. The number of aromatic nitrogens is 3. The molecule has 8 heteroatoms. The Balaban J connectivity index is 1.71. The van der Waals surface area contributed by atoms with Crippen molar-refractivity contribution in [3.05, 3.63) is 27.8 Å². The van der Waals surface area contributed by atoms with Gasteiger partial charge in [-0.1, -0.05) is 5.16 Å². The zero-order valence-electron chi connectivity index (χ0n) is 12.6. The molecule has 0 saturated carbocycles. The van der Waals surface area contributed by atoms with E-state index >= 15 is 0 Å². The molecule has 0 aromatic carbocycles. The highest BCUT2D eigenvalue weighted by Crippen LogP contribution is 2.34. The van der Waals surface area contributed by atoms with Crippen LogP contribution in [0.3, 0.4) is 0 Å². The van der Waals surface area contributed by atoms with Gasteiger partial charge in [-0.05, 0) is 33.2 Å². The van der Waals surface area contributed by atoms with E-state index in [9.17, 15) is 4.79 Å². The predicted octanol–water partition coefficient (Wildman–Crippen LogP) is 2.35. The molecule has 1 aliphatic rings. The summed E-state index contributed by atoms with van der Waals surface area (Å²) < 4.78 is 10.2. The first-order chi connectivity index (χ1) is 10.7. The third-order valence-electron chi connectivity index (χ3n) is 3.56. The van der Waals surface area contributed by atoms with Crippen LogP contribution in [-0.4, -0.2) is 39.1 Å². The zero-order valence-corrected chi connectivity index (χ0v) is 13.4. The fourth-order valence-electron chi connectivity index (χ4n) is 2.61. The maximum absolute atomic E-state index is 11.7. The normalized spacial score (nSPS) is 18.7. The van der Waals surface area contributed by atoms with Gasteiger partial charge in [0.05, 0.1) is 19.2 Å². The Morgan fingerprint density at radius 3 is 3.14 bits per heavy atom. The summed E-state index contributed by atoms with van der Waals surface area (Å²) in [6, 6.07) is 0.195. The molecule has 3 heterocycles. The maximum atomic E-state index is 11.7. The fourth-order valence-corrected chi connectivity index (χ4v) is 3.57. The summed E-state index contributed by atoms with van der Waals surface area (Å²) in [6.07, 6.45) is 2.11. The molecule has 7 nitrogen and oxygen atoms in total. The molecule has 0 amide bonds. The van der Waals surface area contributed by atoms with Crippen molar-refractivity contribution in [2.75, 3.05) is 13.2 Å². The van der Waals surface area contributed by atoms with Crippen molar-refractivity contribution in [2.45, 2.75) is 39.3 Å². The second-order valence-corrected chi connectivity index (χ2v) is 6.04. The van der Waals surface area contributed by atoms with Gasteiger partial charge in [-0.3, -0.25) is 4.90 Å². The van der Waals surface area contributed by atoms with Crippen LogP contribution < -0.4 is 0 Å². The minimum atomic E-state index is -0.359. The summed E-state index contributed by atoms with van der Waals surface area (Å²) in [5, 5.41) is 6.52. The number of hydrogen-bond donors (Lipinski definition) is 0. The number of rotatable bonds is 5. The second kappa shape index (κ2) is 6.53. The van der Waals surface area contributed by atoms with Crippen LogP contribution in [0.5, 0.6) is 0 Å². The Morgan fingerprint density at radius 2 is 2.41 bits per heavy atom. The second-order valence-electron chi connectivity index (χ2n) is 5.16. The largest absolute Gasteiger partial charge is 0.461 e. The number of ether oxygens (including phenoxy) is 1. The number of carbonyl (C=O) groups is 1. The average Bonchev–Trinajstić information content (AvgIpc) is 3.20. The van der Waals surface area contributed by atoms with Gasteiger partial charge < -0.3 is 9.26 Å². The summed E-state index contributed by atoms with van der Waals surface area (Å²) in [6.45, 7) is 5.52. The number of esters is 1. The smallest absolute Gasteiger partial charge is 0.357 e. The van der Waals surface area contributed by atoms with Gasteiger partial charge in [0, 0.05) is 5.38 Å². The molecule has 0 spiro atoms.